The van der Waals surface area contributed by atoms with Crippen LogP contribution in [-0.4, -0.2) is 24.2 Å². The van der Waals surface area contributed by atoms with Crippen LogP contribution in [-0.2, 0) is 0 Å². The Morgan fingerprint density at radius 3 is 2.56 bits per heavy atom. The maximum absolute atomic E-state index is 12.3. The van der Waals surface area contributed by atoms with Crippen LogP contribution in [0.3, 0.4) is 0 Å². The van der Waals surface area contributed by atoms with Gasteiger partial charge < -0.3 is 15.2 Å². The second-order valence-corrected chi connectivity index (χ2v) is 6.59. The van der Waals surface area contributed by atoms with Gasteiger partial charge >= 0.3 is 0 Å². The number of nitrogens with one attached hydrogen (secondary N) is 1. The number of hydrogen-bond acceptors (Lipinski definition) is 4. The van der Waals surface area contributed by atoms with E-state index in [4.69, 9.17) is 15.1 Å². The van der Waals surface area contributed by atoms with Crippen molar-refractivity contribution in [2.75, 3.05) is 13.2 Å². The maximum atomic E-state index is 12.3. The van der Waals surface area contributed by atoms with Crippen LogP contribution in [0.25, 0.3) is 0 Å². The van der Waals surface area contributed by atoms with Gasteiger partial charge in [-0.3, -0.25) is 4.79 Å². The molecule has 2 rings (SSSR count). The van der Waals surface area contributed by atoms with E-state index in [2.05, 4.69) is 11.4 Å². The lowest BCUT2D eigenvalue weighted by Crippen LogP contribution is -2.34. The number of carbonyl (C=O) groups is 1. The number of benzene rings is 2. The fourth-order valence-electron chi connectivity index (χ4n) is 2.25. The van der Waals surface area contributed by atoms with Crippen molar-refractivity contribution < 1.29 is 14.6 Å². The van der Waals surface area contributed by atoms with E-state index in [9.17, 15) is 4.79 Å². The van der Waals surface area contributed by atoms with Gasteiger partial charge in [0.2, 0.25) is 0 Å². The SMILES string of the molecule is CC(C)(CCO)CNC(=O)c1cccc(Oc2ccc(C#N)cc2)c1. The van der Waals surface area contributed by atoms with Gasteiger partial charge in [-0.2, -0.15) is 5.26 Å². The predicted octanol–water partition coefficient (Wildman–Crippen LogP) is 3.49. The van der Waals surface area contributed by atoms with E-state index in [0.29, 0.717) is 35.6 Å². The molecular formula is C20H22N2O3. The van der Waals surface area contributed by atoms with Gasteiger partial charge in [0.1, 0.15) is 11.5 Å². The molecular weight excluding hydrogens is 316 g/mol. The van der Waals surface area contributed by atoms with Crippen molar-refractivity contribution in [3.05, 3.63) is 59.7 Å². The first-order chi connectivity index (χ1) is 11.9. The van der Waals surface area contributed by atoms with Crippen LogP contribution in [0, 0.1) is 16.7 Å². The minimum atomic E-state index is -0.184. The van der Waals surface area contributed by atoms with Gasteiger partial charge in [0, 0.05) is 18.7 Å². The lowest BCUT2D eigenvalue weighted by Gasteiger charge is -2.23. The van der Waals surface area contributed by atoms with Crippen LogP contribution in [0.5, 0.6) is 11.5 Å². The third-order valence-electron chi connectivity index (χ3n) is 3.83. The van der Waals surface area contributed by atoms with Crippen LogP contribution in [0.15, 0.2) is 48.5 Å². The van der Waals surface area contributed by atoms with Crippen molar-refractivity contribution in [1.82, 2.24) is 5.32 Å². The summed E-state index contributed by atoms with van der Waals surface area (Å²) in [5.74, 6) is 0.962. The molecule has 0 saturated heterocycles. The molecule has 0 aliphatic heterocycles. The second kappa shape index (κ2) is 8.32. The average Bonchev–Trinajstić information content (AvgIpc) is 2.60. The highest BCUT2D eigenvalue weighted by Gasteiger charge is 2.18. The fourth-order valence-corrected chi connectivity index (χ4v) is 2.25. The molecule has 0 heterocycles. The Kier molecular flexibility index (Phi) is 6.15. The van der Waals surface area contributed by atoms with Crippen LogP contribution < -0.4 is 10.1 Å². The van der Waals surface area contributed by atoms with Crippen molar-refractivity contribution in [1.29, 1.82) is 5.26 Å². The van der Waals surface area contributed by atoms with E-state index >= 15 is 0 Å². The molecule has 0 aromatic heterocycles. The normalized spacial score (nSPS) is 10.8. The van der Waals surface area contributed by atoms with E-state index in [1.807, 2.05) is 13.8 Å². The fraction of sp³-hybridized carbons (Fsp3) is 0.300. The Labute approximate surface area is 147 Å². The number of nitrogens with zero attached hydrogens (tertiary/aromatic N) is 1. The number of aliphatic hydroxyl groups excluding tert-OH is 1. The van der Waals surface area contributed by atoms with Crippen molar-refractivity contribution in [2.24, 2.45) is 5.41 Å². The van der Waals surface area contributed by atoms with Gasteiger partial charge in [-0.1, -0.05) is 19.9 Å². The first-order valence-electron chi connectivity index (χ1n) is 8.11. The van der Waals surface area contributed by atoms with Gasteiger partial charge in [0.15, 0.2) is 0 Å². The van der Waals surface area contributed by atoms with Gasteiger partial charge in [0.25, 0.3) is 5.91 Å². The lowest BCUT2D eigenvalue weighted by molar-refractivity contribution is 0.0928. The number of nitriles is 1. The van der Waals surface area contributed by atoms with Crippen molar-refractivity contribution in [2.45, 2.75) is 20.3 Å². The lowest BCUT2D eigenvalue weighted by atomic mass is 9.89. The summed E-state index contributed by atoms with van der Waals surface area (Å²) in [5.41, 5.74) is 0.901. The van der Waals surface area contributed by atoms with Crippen LogP contribution in [0.1, 0.15) is 36.2 Å². The average molecular weight is 338 g/mol. The molecule has 0 aliphatic carbocycles. The second-order valence-electron chi connectivity index (χ2n) is 6.59. The van der Waals surface area contributed by atoms with E-state index in [1.54, 1.807) is 48.5 Å². The molecule has 0 aliphatic rings. The Hall–Kier alpha value is -2.84. The summed E-state index contributed by atoms with van der Waals surface area (Å²) in [6.45, 7) is 4.56. The van der Waals surface area contributed by atoms with Gasteiger partial charge in [-0.25, -0.2) is 0 Å². The Morgan fingerprint density at radius 2 is 1.92 bits per heavy atom. The van der Waals surface area contributed by atoms with E-state index < -0.39 is 0 Å². The molecule has 5 nitrogen and oxygen atoms in total. The first-order valence-corrected chi connectivity index (χ1v) is 8.11. The zero-order valence-electron chi connectivity index (χ0n) is 14.5. The number of ether oxygens (including phenoxy) is 1. The highest BCUT2D eigenvalue weighted by Crippen LogP contribution is 2.23. The molecule has 25 heavy (non-hydrogen) atoms. The molecule has 2 aromatic rings. The van der Waals surface area contributed by atoms with Gasteiger partial charge in [-0.15, -0.1) is 0 Å². The molecule has 0 bridgehead atoms. The topological polar surface area (TPSA) is 82.3 Å². The zero-order valence-corrected chi connectivity index (χ0v) is 14.5. The summed E-state index contributed by atoms with van der Waals surface area (Å²) in [4.78, 5) is 12.3. The molecule has 0 atom stereocenters. The molecule has 0 saturated carbocycles. The highest BCUT2D eigenvalue weighted by atomic mass is 16.5. The summed E-state index contributed by atoms with van der Waals surface area (Å²) >= 11 is 0. The number of carbonyl (C=O) groups excluding carboxylic acids is 1. The summed E-state index contributed by atoms with van der Waals surface area (Å²) < 4.78 is 5.73. The molecule has 0 spiro atoms. The molecule has 1 amide bonds. The number of hydrogen-bond donors (Lipinski definition) is 2. The van der Waals surface area contributed by atoms with Gasteiger partial charge in [-0.05, 0) is 54.3 Å². The smallest absolute Gasteiger partial charge is 0.251 e. The van der Waals surface area contributed by atoms with Crippen molar-refractivity contribution in [3.8, 4) is 17.6 Å². The largest absolute Gasteiger partial charge is 0.457 e. The third-order valence-corrected chi connectivity index (χ3v) is 3.83. The summed E-state index contributed by atoms with van der Waals surface area (Å²) in [7, 11) is 0. The molecule has 2 aromatic carbocycles. The maximum Gasteiger partial charge on any atom is 0.251 e. The van der Waals surface area contributed by atoms with Crippen molar-refractivity contribution >= 4 is 5.91 Å². The minimum absolute atomic E-state index is 0.0940. The van der Waals surface area contributed by atoms with Crippen molar-refractivity contribution in [3.63, 3.8) is 0 Å². The first kappa shape index (κ1) is 18.5. The molecule has 130 valence electrons. The highest BCUT2D eigenvalue weighted by molar-refractivity contribution is 5.94. The Bertz CT molecular complexity index is 761. The third kappa shape index (κ3) is 5.63. The number of rotatable bonds is 7. The standard InChI is InChI=1S/C20H22N2O3/c1-20(2,10-11-23)14-22-19(24)16-4-3-5-18(12-16)25-17-8-6-15(13-21)7-9-17/h3-9,12,23H,10-11,14H2,1-2H3,(H,22,24). The zero-order chi connectivity index (χ0) is 18.3. The molecule has 0 unspecified atom stereocenters. The molecule has 0 fully saturated rings. The number of aliphatic hydroxyl groups is 1. The monoisotopic (exact) mass is 338 g/mol. The molecule has 5 heteroatoms. The van der Waals surface area contributed by atoms with Crippen LogP contribution in [0.4, 0.5) is 0 Å². The molecule has 2 N–H and O–H groups in total. The van der Waals surface area contributed by atoms with Gasteiger partial charge in [0.05, 0.1) is 11.6 Å². The van der Waals surface area contributed by atoms with E-state index in [-0.39, 0.29) is 17.9 Å². The summed E-state index contributed by atoms with van der Waals surface area (Å²) in [6.07, 6.45) is 0.620. The predicted molar refractivity (Wildman–Crippen MR) is 95.5 cm³/mol. The summed E-state index contributed by atoms with van der Waals surface area (Å²) in [6, 6.07) is 15.7. The number of amides is 1. The summed E-state index contributed by atoms with van der Waals surface area (Å²) in [5, 5.41) is 20.7. The molecule has 0 radical (unpaired) electrons. The van der Waals surface area contributed by atoms with Crippen LogP contribution in [0.2, 0.25) is 0 Å². The Morgan fingerprint density at radius 1 is 1.20 bits per heavy atom. The quantitative estimate of drug-likeness (QED) is 0.809. The Balaban J connectivity index is 2.02. The minimum Gasteiger partial charge on any atom is -0.457 e. The van der Waals surface area contributed by atoms with E-state index in [0.717, 1.165) is 0 Å². The van der Waals surface area contributed by atoms with E-state index in [1.165, 1.54) is 0 Å². The van der Waals surface area contributed by atoms with Crippen LogP contribution >= 0.6 is 0 Å².